The van der Waals surface area contributed by atoms with Gasteiger partial charge in [-0.3, -0.25) is 0 Å². The van der Waals surface area contributed by atoms with Gasteiger partial charge in [-0.2, -0.15) is 13.2 Å². The zero-order valence-corrected chi connectivity index (χ0v) is 17.8. The van der Waals surface area contributed by atoms with Gasteiger partial charge in [0.2, 0.25) is 5.88 Å². The molecule has 0 saturated heterocycles. The molecule has 31 heavy (non-hydrogen) atoms. The largest absolute Gasteiger partial charge is 0.490 e. The predicted octanol–water partition coefficient (Wildman–Crippen LogP) is 4.82. The minimum atomic E-state index is -5.08. The first kappa shape index (κ1) is 24.2. The lowest BCUT2D eigenvalue weighted by Crippen LogP contribution is -2.21. The van der Waals surface area contributed by atoms with Crippen LogP contribution in [0.1, 0.15) is 22.4 Å². The van der Waals surface area contributed by atoms with Gasteiger partial charge < -0.3 is 19.1 Å². The summed E-state index contributed by atoms with van der Waals surface area (Å²) in [5, 5.41) is 8.32. The van der Waals surface area contributed by atoms with E-state index in [0.29, 0.717) is 19.1 Å². The molecular weight excluding hydrogens is 413 g/mol. The van der Waals surface area contributed by atoms with Gasteiger partial charge in [-0.05, 0) is 43.5 Å². The third-order valence-corrected chi connectivity index (χ3v) is 4.90. The molecule has 0 atom stereocenters. The summed E-state index contributed by atoms with van der Waals surface area (Å²) in [6.45, 7) is 8.35. The second-order valence-electron chi connectivity index (χ2n) is 6.89. The molecule has 1 N–H and O–H groups in total. The van der Waals surface area contributed by atoms with Crippen LogP contribution in [0.4, 0.5) is 13.2 Å². The SMILES string of the molecule is COCCn1c(C)c(C)c2ccnc(OCc3ccccc3C)c21.O=C(O)C(F)(F)F. The number of aliphatic carboxylic acids is 1. The van der Waals surface area contributed by atoms with Crippen LogP contribution in [0.2, 0.25) is 0 Å². The monoisotopic (exact) mass is 438 g/mol. The highest BCUT2D eigenvalue weighted by molar-refractivity contribution is 5.88. The number of alkyl halides is 3. The zero-order chi connectivity index (χ0) is 23.2. The molecule has 0 radical (unpaired) electrons. The highest BCUT2D eigenvalue weighted by Gasteiger charge is 2.38. The molecule has 0 spiro atoms. The number of ether oxygens (including phenoxy) is 2. The van der Waals surface area contributed by atoms with Gasteiger partial charge >= 0.3 is 12.1 Å². The molecule has 0 fully saturated rings. The van der Waals surface area contributed by atoms with Crippen molar-refractivity contribution in [1.29, 1.82) is 0 Å². The lowest BCUT2D eigenvalue weighted by atomic mass is 10.1. The summed E-state index contributed by atoms with van der Waals surface area (Å²) < 4.78 is 45.3. The van der Waals surface area contributed by atoms with E-state index < -0.39 is 12.1 Å². The second kappa shape index (κ2) is 10.3. The van der Waals surface area contributed by atoms with Crippen LogP contribution in [0, 0.1) is 20.8 Å². The Kier molecular flexibility index (Phi) is 8.04. The Balaban J connectivity index is 0.000000423. The molecule has 9 heteroatoms. The maximum absolute atomic E-state index is 10.6. The van der Waals surface area contributed by atoms with Crippen molar-refractivity contribution < 1.29 is 32.5 Å². The summed E-state index contributed by atoms with van der Waals surface area (Å²) >= 11 is 0. The van der Waals surface area contributed by atoms with E-state index in [1.54, 1.807) is 7.11 Å². The van der Waals surface area contributed by atoms with Gasteiger partial charge in [-0.25, -0.2) is 9.78 Å². The van der Waals surface area contributed by atoms with Crippen LogP contribution >= 0.6 is 0 Å². The van der Waals surface area contributed by atoms with Crippen molar-refractivity contribution in [3.8, 4) is 5.88 Å². The van der Waals surface area contributed by atoms with E-state index in [0.717, 1.165) is 12.1 Å². The number of fused-ring (bicyclic) bond motifs is 1. The van der Waals surface area contributed by atoms with E-state index in [1.807, 2.05) is 18.3 Å². The number of pyridine rings is 1. The lowest BCUT2D eigenvalue weighted by molar-refractivity contribution is -0.192. The number of hydrogen-bond donors (Lipinski definition) is 1. The fourth-order valence-corrected chi connectivity index (χ4v) is 3.05. The number of aromatic nitrogens is 2. The van der Waals surface area contributed by atoms with Gasteiger partial charge in [0.1, 0.15) is 12.1 Å². The number of methoxy groups -OCH3 is 1. The number of aryl methyl sites for hydroxylation is 2. The number of carboxylic acid groups (broad SMARTS) is 1. The summed E-state index contributed by atoms with van der Waals surface area (Å²) in [6.07, 6.45) is -3.26. The summed E-state index contributed by atoms with van der Waals surface area (Å²) in [4.78, 5) is 13.4. The molecule has 168 valence electrons. The van der Waals surface area contributed by atoms with Gasteiger partial charge in [-0.1, -0.05) is 24.3 Å². The molecule has 0 amide bonds. The molecule has 2 aromatic heterocycles. The third kappa shape index (κ3) is 5.97. The maximum atomic E-state index is 10.6. The first-order valence-electron chi connectivity index (χ1n) is 9.48. The standard InChI is InChI=1S/C20H24N2O2.C2HF3O2/c1-14-7-5-6-8-17(14)13-24-20-19-18(9-10-21-20)15(2)16(3)22(19)11-12-23-4;3-2(4,5)1(6)7/h5-10H,11-13H2,1-4H3;(H,6,7). The van der Waals surface area contributed by atoms with E-state index in [4.69, 9.17) is 19.4 Å². The van der Waals surface area contributed by atoms with Crippen molar-refractivity contribution >= 4 is 16.9 Å². The molecule has 3 aromatic rings. The normalized spacial score (nSPS) is 11.2. The van der Waals surface area contributed by atoms with E-state index >= 15 is 0 Å². The van der Waals surface area contributed by atoms with E-state index in [2.05, 4.69) is 48.5 Å². The molecule has 2 heterocycles. The second-order valence-corrected chi connectivity index (χ2v) is 6.89. The van der Waals surface area contributed by atoms with E-state index in [1.165, 1.54) is 27.8 Å². The molecule has 0 unspecified atom stereocenters. The molecule has 1 aromatic carbocycles. The lowest BCUT2D eigenvalue weighted by Gasteiger charge is -2.12. The Morgan fingerprint density at radius 1 is 1.16 bits per heavy atom. The van der Waals surface area contributed by atoms with Gasteiger partial charge in [0.05, 0.1) is 6.61 Å². The molecule has 0 aliphatic rings. The highest BCUT2D eigenvalue weighted by Crippen LogP contribution is 2.31. The Morgan fingerprint density at radius 2 is 1.81 bits per heavy atom. The molecule has 3 rings (SSSR count). The molecule has 0 bridgehead atoms. The fourth-order valence-electron chi connectivity index (χ4n) is 3.05. The van der Waals surface area contributed by atoms with E-state index in [9.17, 15) is 13.2 Å². The number of benzene rings is 1. The summed E-state index contributed by atoms with van der Waals surface area (Å²) in [5.74, 6) is -2.07. The van der Waals surface area contributed by atoms with Crippen LogP contribution in [0.5, 0.6) is 5.88 Å². The summed E-state index contributed by atoms with van der Waals surface area (Å²) in [6, 6.07) is 10.3. The number of carbonyl (C=O) groups is 1. The Hall–Kier alpha value is -3.07. The van der Waals surface area contributed by atoms with Crippen LogP contribution in [-0.4, -0.2) is 40.5 Å². The minimum Gasteiger partial charge on any atom is -0.475 e. The Bertz CT molecular complexity index is 1050. The Morgan fingerprint density at radius 3 is 2.39 bits per heavy atom. The topological polar surface area (TPSA) is 73.6 Å². The number of rotatable bonds is 6. The van der Waals surface area contributed by atoms with Crippen LogP contribution in [0.15, 0.2) is 36.5 Å². The first-order valence-corrected chi connectivity index (χ1v) is 9.48. The number of nitrogens with zero attached hydrogens (tertiary/aromatic N) is 2. The van der Waals surface area contributed by atoms with Crippen molar-refractivity contribution in [2.75, 3.05) is 13.7 Å². The van der Waals surface area contributed by atoms with E-state index in [-0.39, 0.29) is 0 Å². The fraction of sp³-hybridized carbons (Fsp3) is 0.364. The average Bonchev–Trinajstić information content (AvgIpc) is 2.96. The Labute approximate surface area is 178 Å². The summed E-state index contributed by atoms with van der Waals surface area (Å²) in [7, 11) is 1.72. The number of halogens is 3. The number of carboxylic acids is 1. The first-order chi connectivity index (χ1) is 14.6. The van der Waals surface area contributed by atoms with Crippen LogP contribution in [0.3, 0.4) is 0 Å². The van der Waals surface area contributed by atoms with Gasteiger partial charge in [0.25, 0.3) is 0 Å². The van der Waals surface area contributed by atoms with Gasteiger partial charge in [0, 0.05) is 30.9 Å². The summed E-state index contributed by atoms with van der Waals surface area (Å²) in [5.41, 5.74) is 5.96. The average molecular weight is 438 g/mol. The van der Waals surface area contributed by atoms with Crippen molar-refractivity contribution in [2.45, 2.75) is 40.1 Å². The van der Waals surface area contributed by atoms with Gasteiger partial charge in [0.15, 0.2) is 0 Å². The van der Waals surface area contributed by atoms with Crippen LogP contribution in [-0.2, 0) is 22.7 Å². The smallest absolute Gasteiger partial charge is 0.475 e. The zero-order valence-electron chi connectivity index (χ0n) is 17.8. The molecule has 0 saturated carbocycles. The van der Waals surface area contributed by atoms with Crippen LogP contribution in [0.25, 0.3) is 10.9 Å². The molecular formula is C22H25F3N2O4. The molecule has 0 aliphatic carbocycles. The van der Waals surface area contributed by atoms with Crippen molar-refractivity contribution in [1.82, 2.24) is 9.55 Å². The van der Waals surface area contributed by atoms with Crippen molar-refractivity contribution in [3.05, 3.63) is 58.9 Å². The predicted molar refractivity (Wildman–Crippen MR) is 110 cm³/mol. The maximum Gasteiger partial charge on any atom is 0.490 e. The van der Waals surface area contributed by atoms with Crippen LogP contribution < -0.4 is 4.74 Å². The minimum absolute atomic E-state index is 0.520. The molecule has 0 aliphatic heterocycles. The highest BCUT2D eigenvalue weighted by atomic mass is 19.4. The quantitative estimate of drug-likeness (QED) is 0.597. The molecule has 6 nitrogen and oxygen atoms in total. The number of hydrogen-bond acceptors (Lipinski definition) is 4. The third-order valence-electron chi connectivity index (χ3n) is 4.90. The van der Waals surface area contributed by atoms with Crippen molar-refractivity contribution in [3.63, 3.8) is 0 Å². The van der Waals surface area contributed by atoms with Crippen molar-refractivity contribution in [2.24, 2.45) is 0 Å². The van der Waals surface area contributed by atoms with Gasteiger partial charge in [-0.15, -0.1) is 0 Å².